The van der Waals surface area contributed by atoms with Crippen LogP contribution in [0.15, 0.2) is 35.5 Å². The third-order valence-corrected chi connectivity index (χ3v) is 2.57. The first-order valence-electron chi connectivity index (χ1n) is 5.57. The SMILES string of the molecule is COC(=O)C(/C=N\O)CCCc1ccccc1. The quantitative estimate of drug-likeness (QED) is 0.356. The van der Waals surface area contributed by atoms with Gasteiger partial charge in [-0.2, -0.15) is 0 Å². The van der Waals surface area contributed by atoms with Gasteiger partial charge in [-0.1, -0.05) is 30.3 Å². The molecule has 0 saturated carbocycles. The minimum absolute atomic E-state index is 0.365. The first kappa shape index (κ1) is 13.2. The molecule has 1 N–H and O–H groups in total. The van der Waals surface area contributed by atoms with Crippen LogP contribution in [0.4, 0.5) is 0 Å². The molecule has 0 heterocycles. The Labute approximate surface area is 101 Å². The van der Waals surface area contributed by atoms with Crippen molar-refractivity contribution in [3.8, 4) is 0 Å². The van der Waals surface area contributed by atoms with E-state index in [4.69, 9.17) is 5.21 Å². The van der Waals surface area contributed by atoms with E-state index in [0.717, 1.165) is 12.8 Å². The van der Waals surface area contributed by atoms with Crippen molar-refractivity contribution in [1.29, 1.82) is 0 Å². The third-order valence-electron chi connectivity index (χ3n) is 2.57. The normalized spacial score (nSPS) is 12.5. The van der Waals surface area contributed by atoms with Gasteiger partial charge in [0, 0.05) is 0 Å². The standard InChI is InChI=1S/C13H17NO3/c1-17-13(15)12(10-14-16)9-5-8-11-6-3-2-4-7-11/h2-4,6-7,10,12,16H,5,8-9H2,1H3/b14-10-. The van der Waals surface area contributed by atoms with Gasteiger partial charge in [0.25, 0.3) is 0 Å². The molecule has 1 rings (SSSR count). The van der Waals surface area contributed by atoms with Crippen LogP contribution in [0.25, 0.3) is 0 Å². The summed E-state index contributed by atoms with van der Waals surface area (Å²) in [6.45, 7) is 0. The molecule has 17 heavy (non-hydrogen) atoms. The number of ether oxygens (including phenoxy) is 1. The predicted octanol–water partition coefficient (Wildman–Crippen LogP) is 2.26. The van der Waals surface area contributed by atoms with E-state index in [1.807, 2.05) is 30.3 Å². The number of carbonyl (C=O) groups is 1. The van der Waals surface area contributed by atoms with Crippen LogP contribution in [0, 0.1) is 5.92 Å². The van der Waals surface area contributed by atoms with Gasteiger partial charge in [-0.25, -0.2) is 0 Å². The van der Waals surface area contributed by atoms with Gasteiger partial charge in [-0.15, -0.1) is 5.16 Å². The van der Waals surface area contributed by atoms with Crippen molar-refractivity contribution < 1.29 is 14.7 Å². The van der Waals surface area contributed by atoms with E-state index in [2.05, 4.69) is 9.89 Å². The lowest BCUT2D eigenvalue weighted by molar-refractivity contribution is -0.143. The number of hydrogen-bond donors (Lipinski definition) is 1. The molecule has 0 aliphatic heterocycles. The third kappa shape index (κ3) is 4.68. The van der Waals surface area contributed by atoms with Gasteiger partial charge in [0.2, 0.25) is 0 Å². The highest BCUT2D eigenvalue weighted by Gasteiger charge is 2.16. The fraction of sp³-hybridized carbons (Fsp3) is 0.385. The van der Waals surface area contributed by atoms with Crippen molar-refractivity contribution in [3.63, 3.8) is 0 Å². The van der Waals surface area contributed by atoms with Gasteiger partial charge < -0.3 is 9.94 Å². The number of aryl methyl sites for hydroxylation is 1. The van der Waals surface area contributed by atoms with Crippen LogP contribution in [-0.4, -0.2) is 24.5 Å². The second-order valence-electron chi connectivity index (χ2n) is 3.77. The molecular weight excluding hydrogens is 218 g/mol. The van der Waals surface area contributed by atoms with Crippen LogP contribution < -0.4 is 0 Å². The van der Waals surface area contributed by atoms with Crippen molar-refractivity contribution in [1.82, 2.24) is 0 Å². The zero-order valence-electron chi connectivity index (χ0n) is 9.87. The summed E-state index contributed by atoms with van der Waals surface area (Å²) < 4.78 is 4.63. The van der Waals surface area contributed by atoms with E-state index in [0.29, 0.717) is 6.42 Å². The van der Waals surface area contributed by atoms with Crippen molar-refractivity contribution in [2.45, 2.75) is 19.3 Å². The molecule has 1 aromatic carbocycles. The maximum Gasteiger partial charge on any atom is 0.314 e. The first-order valence-corrected chi connectivity index (χ1v) is 5.57. The second-order valence-corrected chi connectivity index (χ2v) is 3.77. The van der Waals surface area contributed by atoms with E-state index in [1.54, 1.807) is 0 Å². The molecule has 4 nitrogen and oxygen atoms in total. The summed E-state index contributed by atoms with van der Waals surface area (Å²) in [5.74, 6) is -0.829. The molecule has 0 saturated heterocycles. The summed E-state index contributed by atoms with van der Waals surface area (Å²) in [6, 6.07) is 10.0. The van der Waals surface area contributed by atoms with Crippen LogP contribution in [0.1, 0.15) is 18.4 Å². The van der Waals surface area contributed by atoms with Crippen LogP contribution in [0.5, 0.6) is 0 Å². The molecule has 0 radical (unpaired) electrons. The molecular formula is C13H17NO3. The smallest absolute Gasteiger partial charge is 0.314 e. The molecule has 92 valence electrons. The van der Waals surface area contributed by atoms with Gasteiger partial charge in [-0.05, 0) is 24.8 Å². The molecule has 0 aliphatic rings. The molecule has 0 aromatic heterocycles. The molecule has 0 spiro atoms. The zero-order chi connectivity index (χ0) is 12.5. The predicted molar refractivity (Wildman–Crippen MR) is 65.2 cm³/mol. The Hall–Kier alpha value is -1.84. The minimum Gasteiger partial charge on any atom is -0.469 e. The number of nitrogens with zero attached hydrogens (tertiary/aromatic N) is 1. The van der Waals surface area contributed by atoms with Crippen LogP contribution in [0.3, 0.4) is 0 Å². The van der Waals surface area contributed by atoms with E-state index in [9.17, 15) is 4.79 Å². The fourth-order valence-electron chi connectivity index (χ4n) is 1.66. The lowest BCUT2D eigenvalue weighted by atomic mass is 10.0. The lowest BCUT2D eigenvalue weighted by Gasteiger charge is -2.08. The topological polar surface area (TPSA) is 58.9 Å². The Morgan fingerprint density at radius 2 is 2.18 bits per heavy atom. The van der Waals surface area contributed by atoms with Crippen LogP contribution >= 0.6 is 0 Å². The van der Waals surface area contributed by atoms with Gasteiger partial charge in [-0.3, -0.25) is 4.79 Å². The molecule has 1 aromatic rings. The Kier molecular flexibility index (Phi) is 5.79. The number of oxime groups is 1. The summed E-state index contributed by atoms with van der Waals surface area (Å²) in [5, 5.41) is 11.4. The molecule has 0 bridgehead atoms. The van der Waals surface area contributed by atoms with Crippen molar-refractivity contribution in [2.24, 2.45) is 11.1 Å². The number of esters is 1. The second kappa shape index (κ2) is 7.44. The lowest BCUT2D eigenvalue weighted by Crippen LogP contribution is -2.17. The maximum absolute atomic E-state index is 11.3. The highest BCUT2D eigenvalue weighted by molar-refractivity contribution is 5.89. The average Bonchev–Trinajstić information content (AvgIpc) is 2.38. The maximum atomic E-state index is 11.3. The number of hydrogen-bond acceptors (Lipinski definition) is 4. The van der Waals surface area contributed by atoms with Crippen LogP contribution in [-0.2, 0) is 16.0 Å². The molecule has 1 atom stereocenters. The summed E-state index contributed by atoms with van der Waals surface area (Å²) in [6.07, 6.45) is 3.58. The minimum atomic E-state index is -0.464. The first-order chi connectivity index (χ1) is 8.27. The number of methoxy groups -OCH3 is 1. The summed E-state index contributed by atoms with van der Waals surface area (Å²) in [7, 11) is 1.33. The van der Waals surface area contributed by atoms with Gasteiger partial charge in [0.15, 0.2) is 0 Å². The van der Waals surface area contributed by atoms with Crippen molar-refractivity contribution in [3.05, 3.63) is 35.9 Å². The summed E-state index contributed by atoms with van der Waals surface area (Å²) >= 11 is 0. The number of benzene rings is 1. The fourth-order valence-corrected chi connectivity index (χ4v) is 1.66. The van der Waals surface area contributed by atoms with Gasteiger partial charge in [0.05, 0.1) is 19.2 Å². The largest absolute Gasteiger partial charge is 0.469 e. The Bertz CT molecular complexity index is 362. The zero-order valence-corrected chi connectivity index (χ0v) is 9.87. The Morgan fingerprint density at radius 3 is 2.76 bits per heavy atom. The molecule has 0 amide bonds. The molecule has 0 fully saturated rings. The van der Waals surface area contributed by atoms with Gasteiger partial charge >= 0.3 is 5.97 Å². The summed E-state index contributed by atoms with van der Waals surface area (Å²) in [5.41, 5.74) is 1.23. The van der Waals surface area contributed by atoms with E-state index < -0.39 is 5.92 Å². The van der Waals surface area contributed by atoms with Gasteiger partial charge in [0.1, 0.15) is 0 Å². The van der Waals surface area contributed by atoms with Crippen molar-refractivity contribution in [2.75, 3.05) is 7.11 Å². The number of rotatable bonds is 6. The number of carbonyl (C=O) groups excluding carboxylic acids is 1. The Morgan fingerprint density at radius 1 is 1.47 bits per heavy atom. The monoisotopic (exact) mass is 235 g/mol. The Balaban J connectivity index is 2.40. The molecule has 4 heteroatoms. The highest BCUT2D eigenvalue weighted by atomic mass is 16.5. The van der Waals surface area contributed by atoms with Crippen molar-refractivity contribution >= 4 is 12.2 Å². The van der Waals surface area contributed by atoms with E-state index >= 15 is 0 Å². The van der Waals surface area contributed by atoms with E-state index in [1.165, 1.54) is 18.9 Å². The summed E-state index contributed by atoms with van der Waals surface area (Å²) in [4.78, 5) is 11.3. The highest BCUT2D eigenvalue weighted by Crippen LogP contribution is 2.11. The molecule has 0 aliphatic carbocycles. The molecule has 1 unspecified atom stereocenters. The average molecular weight is 235 g/mol. The van der Waals surface area contributed by atoms with Crippen LogP contribution in [0.2, 0.25) is 0 Å². The van der Waals surface area contributed by atoms with E-state index in [-0.39, 0.29) is 5.97 Å².